The Bertz CT molecular complexity index is 616. The summed E-state index contributed by atoms with van der Waals surface area (Å²) < 4.78 is 1.97. The van der Waals surface area contributed by atoms with Crippen molar-refractivity contribution >= 4 is 11.6 Å². The molecule has 0 unspecified atom stereocenters. The lowest BCUT2D eigenvalue weighted by molar-refractivity contribution is 0.0951. The molecule has 1 aliphatic carbocycles. The number of hydrogen-bond acceptors (Lipinski definition) is 3. The van der Waals surface area contributed by atoms with Crippen molar-refractivity contribution in [1.29, 1.82) is 0 Å². The van der Waals surface area contributed by atoms with E-state index in [1.54, 1.807) is 6.33 Å². The van der Waals surface area contributed by atoms with Crippen LogP contribution in [0.4, 0.5) is 5.69 Å². The number of nitrogens with zero attached hydrogens (tertiary/aromatic N) is 2. The minimum atomic E-state index is 0.0108. The van der Waals surface area contributed by atoms with Gasteiger partial charge in [-0.05, 0) is 31.0 Å². The van der Waals surface area contributed by atoms with Crippen LogP contribution in [-0.2, 0) is 13.6 Å². The lowest BCUT2D eigenvalue weighted by atomic mass is 10.2. The molecule has 20 heavy (non-hydrogen) atoms. The molecule has 1 heterocycles. The summed E-state index contributed by atoms with van der Waals surface area (Å²) in [5, 5.41) is 6.31. The number of carbonyl (C=O) groups is 1. The van der Waals surface area contributed by atoms with Crippen molar-refractivity contribution in [2.24, 2.45) is 7.05 Å². The summed E-state index contributed by atoms with van der Waals surface area (Å²) in [4.78, 5) is 16.1. The van der Waals surface area contributed by atoms with Crippen LogP contribution in [0.15, 0.2) is 36.8 Å². The molecular weight excluding hydrogens is 252 g/mol. The Morgan fingerprint density at radius 1 is 1.45 bits per heavy atom. The van der Waals surface area contributed by atoms with E-state index in [-0.39, 0.29) is 5.91 Å². The summed E-state index contributed by atoms with van der Waals surface area (Å²) in [6.45, 7) is 0.685. The predicted molar refractivity (Wildman–Crippen MR) is 77.5 cm³/mol. The molecule has 0 aliphatic heterocycles. The average Bonchev–Trinajstić information content (AvgIpc) is 3.17. The van der Waals surface area contributed by atoms with Crippen molar-refractivity contribution in [2.75, 3.05) is 5.32 Å². The highest BCUT2D eigenvalue weighted by molar-refractivity contribution is 5.95. The maximum Gasteiger partial charge on any atom is 0.251 e. The molecule has 1 fully saturated rings. The van der Waals surface area contributed by atoms with Gasteiger partial charge in [-0.3, -0.25) is 4.79 Å². The van der Waals surface area contributed by atoms with Crippen molar-refractivity contribution in [2.45, 2.75) is 25.4 Å². The Morgan fingerprint density at radius 3 is 3.00 bits per heavy atom. The van der Waals surface area contributed by atoms with E-state index in [0.29, 0.717) is 18.2 Å². The third kappa shape index (κ3) is 2.99. The van der Waals surface area contributed by atoms with Crippen LogP contribution >= 0.6 is 0 Å². The molecule has 1 aliphatic rings. The second-order valence-corrected chi connectivity index (χ2v) is 5.18. The molecule has 2 aromatic rings. The minimum Gasteiger partial charge on any atom is -0.379 e. The van der Waals surface area contributed by atoms with Crippen LogP contribution in [0.5, 0.6) is 0 Å². The van der Waals surface area contributed by atoms with E-state index in [4.69, 9.17) is 0 Å². The molecule has 2 N–H and O–H groups in total. The van der Waals surface area contributed by atoms with Gasteiger partial charge < -0.3 is 15.2 Å². The number of aryl methyl sites for hydroxylation is 1. The zero-order chi connectivity index (χ0) is 13.9. The van der Waals surface area contributed by atoms with E-state index >= 15 is 0 Å². The molecule has 1 amide bonds. The molecule has 0 saturated heterocycles. The van der Waals surface area contributed by atoms with Gasteiger partial charge in [0.2, 0.25) is 0 Å². The van der Waals surface area contributed by atoms with E-state index in [0.717, 1.165) is 24.2 Å². The standard InChI is InChI=1S/C15H18N4O/c1-19-10-16-8-14(19)9-17-13-4-2-3-11(7-13)15(20)18-12-5-6-12/h2-4,7-8,10,12,17H,5-6,9H2,1H3,(H,18,20). The fourth-order valence-corrected chi connectivity index (χ4v) is 2.01. The largest absolute Gasteiger partial charge is 0.379 e. The molecule has 5 heteroatoms. The molecule has 104 valence electrons. The van der Waals surface area contributed by atoms with Crippen molar-refractivity contribution in [1.82, 2.24) is 14.9 Å². The molecule has 0 spiro atoms. The van der Waals surface area contributed by atoms with E-state index in [2.05, 4.69) is 15.6 Å². The van der Waals surface area contributed by atoms with Crippen LogP contribution in [0.3, 0.4) is 0 Å². The fourth-order valence-electron chi connectivity index (χ4n) is 2.01. The minimum absolute atomic E-state index is 0.0108. The molecule has 1 aromatic carbocycles. The molecule has 1 aromatic heterocycles. The monoisotopic (exact) mass is 270 g/mol. The third-order valence-electron chi connectivity index (χ3n) is 3.43. The normalized spacial score (nSPS) is 14.1. The maximum absolute atomic E-state index is 12.0. The Kier molecular flexibility index (Phi) is 3.41. The van der Waals surface area contributed by atoms with Gasteiger partial charge in [0, 0.05) is 30.5 Å². The number of hydrogen-bond donors (Lipinski definition) is 2. The fraction of sp³-hybridized carbons (Fsp3) is 0.333. The number of rotatable bonds is 5. The van der Waals surface area contributed by atoms with Crippen molar-refractivity contribution in [3.8, 4) is 0 Å². The highest BCUT2D eigenvalue weighted by Crippen LogP contribution is 2.20. The number of nitrogens with one attached hydrogen (secondary N) is 2. The van der Waals surface area contributed by atoms with Gasteiger partial charge in [0.25, 0.3) is 5.91 Å². The highest BCUT2D eigenvalue weighted by atomic mass is 16.1. The van der Waals surface area contributed by atoms with Crippen LogP contribution in [0.25, 0.3) is 0 Å². The Balaban J connectivity index is 1.64. The molecule has 1 saturated carbocycles. The molecule has 0 bridgehead atoms. The first-order valence-corrected chi connectivity index (χ1v) is 6.82. The second-order valence-electron chi connectivity index (χ2n) is 5.18. The quantitative estimate of drug-likeness (QED) is 0.872. The van der Waals surface area contributed by atoms with Gasteiger partial charge in [0.05, 0.1) is 18.6 Å². The molecule has 5 nitrogen and oxygen atoms in total. The summed E-state index contributed by atoms with van der Waals surface area (Å²) in [5.41, 5.74) is 2.74. The van der Waals surface area contributed by atoms with Crippen LogP contribution < -0.4 is 10.6 Å². The number of amides is 1. The summed E-state index contributed by atoms with van der Waals surface area (Å²) in [5.74, 6) is 0.0108. The van der Waals surface area contributed by atoms with Gasteiger partial charge in [0.1, 0.15) is 0 Å². The number of imidazole rings is 1. The average molecular weight is 270 g/mol. The van der Waals surface area contributed by atoms with E-state index < -0.39 is 0 Å². The lowest BCUT2D eigenvalue weighted by Crippen LogP contribution is -2.25. The summed E-state index contributed by atoms with van der Waals surface area (Å²) >= 11 is 0. The number of anilines is 1. The van der Waals surface area contributed by atoms with Gasteiger partial charge in [0.15, 0.2) is 0 Å². The highest BCUT2D eigenvalue weighted by Gasteiger charge is 2.23. The lowest BCUT2D eigenvalue weighted by Gasteiger charge is -2.09. The smallest absolute Gasteiger partial charge is 0.251 e. The molecule has 0 atom stereocenters. The first kappa shape index (κ1) is 12.7. The maximum atomic E-state index is 12.0. The van der Waals surface area contributed by atoms with Crippen LogP contribution in [0.2, 0.25) is 0 Å². The Morgan fingerprint density at radius 2 is 2.30 bits per heavy atom. The topological polar surface area (TPSA) is 59.0 Å². The van der Waals surface area contributed by atoms with Crippen LogP contribution in [-0.4, -0.2) is 21.5 Å². The SMILES string of the molecule is Cn1cncc1CNc1cccc(C(=O)NC2CC2)c1. The van der Waals surface area contributed by atoms with Gasteiger partial charge >= 0.3 is 0 Å². The predicted octanol–water partition coefficient (Wildman–Crippen LogP) is 1.92. The van der Waals surface area contributed by atoms with Crippen LogP contribution in [0.1, 0.15) is 28.9 Å². The summed E-state index contributed by atoms with van der Waals surface area (Å²) in [6.07, 6.45) is 5.81. The van der Waals surface area contributed by atoms with E-state index in [1.807, 2.05) is 42.1 Å². The number of aromatic nitrogens is 2. The summed E-state index contributed by atoms with van der Waals surface area (Å²) in [7, 11) is 1.96. The second kappa shape index (κ2) is 5.36. The Labute approximate surface area is 118 Å². The molecule has 3 rings (SSSR count). The van der Waals surface area contributed by atoms with E-state index in [9.17, 15) is 4.79 Å². The zero-order valence-corrected chi connectivity index (χ0v) is 11.5. The molecule has 0 radical (unpaired) electrons. The van der Waals surface area contributed by atoms with Crippen LogP contribution in [0, 0.1) is 0 Å². The Hall–Kier alpha value is -2.30. The van der Waals surface area contributed by atoms with Gasteiger partial charge in [-0.2, -0.15) is 0 Å². The van der Waals surface area contributed by atoms with Gasteiger partial charge in [-0.25, -0.2) is 4.98 Å². The molecular formula is C15H18N4O. The summed E-state index contributed by atoms with van der Waals surface area (Å²) in [6, 6.07) is 7.96. The zero-order valence-electron chi connectivity index (χ0n) is 11.5. The van der Waals surface area contributed by atoms with Crippen molar-refractivity contribution in [3.63, 3.8) is 0 Å². The van der Waals surface area contributed by atoms with Crippen molar-refractivity contribution < 1.29 is 4.79 Å². The van der Waals surface area contributed by atoms with Gasteiger partial charge in [-0.1, -0.05) is 6.07 Å². The number of carbonyl (C=O) groups excluding carboxylic acids is 1. The third-order valence-corrected chi connectivity index (χ3v) is 3.43. The number of benzene rings is 1. The first-order valence-electron chi connectivity index (χ1n) is 6.82. The van der Waals surface area contributed by atoms with E-state index in [1.165, 1.54) is 0 Å². The first-order chi connectivity index (χ1) is 9.72. The van der Waals surface area contributed by atoms with Crippen molar-refractivity contribution in [3.05, 3.63) is 48.0 Å². The van der Waals surface area contributed by atoms with Gasteiger partial charge in [-0.15, -0.1) is 0 Å².